The molecule has 1 aliphatic heterocycles. The van der Waals surface area contributed by atoms with Crippen LogP contribution in [-0.2, 0) is 19.6 Å². The summed E-state index contributed by atoms with van der Waals surface area (Å²) in [5.74, 6) is -2.45. The van der Waals surface area contributed by atoms with Crippen molar-refractivity contribution in [3.63, 3.8) is 0 Å². The fourth-order valence-electron chi connectivity index (χ4n) is 3.05. The van der Waals surface area contributed by atoms with Crippen LogP contribution in [0.4, 0.5) is 14.5 Å². The van der Waals surface area contributed by atoms with E-state index in [1.54, 1.807) is 6.92 Å². The number of ether oxygens (including phenoxy) is 2. The third-order valence-corrected chi connectivity index (χ3v) is 6.44. The molecule has 0 radical (unpaired) electrons. The summed E-state index contributed by atoms with van der Waals surface area (Å²) in [7, 11) is -3.16. The predicted molar refractivity (Wildman–Crippen MR) is 113 cm³/mol. The van der Waals surface area contributed by atoms with Gasteiger partial charge in [-0.05, 0) is 32.0 Å². The van der Waals surface area contributed by atoms with Crippen LogP contribution in [-0.4, -0.2) is 39.4 Å². The minimum absolute atomic E-state index is 0.0178. The number of carbonyl (C=O) groups is 1. The van der Waals surface area contributed by atoms with E-state index < -0.39 is 43.9 Å². The normalized spacial score (nSPS) is 18.0. The molecule has 32 heavy (non-hydrogen) atoms. The van der Waals surface area contributed by atoms with Crippen LogP contribution in [0.5, 0.6) is 5.88 Å². The van der Waals surface area contributed by atoms with Crippen LogP contribution in [0.15, 0.2) is 40.6 Å². The summed E-state index contributed by atoms with van der Waals surface area (Å²) in [6, 6.07) is 2.98. The van der Waals surface area contributed by atoms with Gasteiger partial charge in [-0.3, -0.25) is 9.52 Å². The first-order valence-electron chi connectivity index (χ1n) is 9.31. The molecule has 2 heterocycles. The predicted octanol–water partition coefficient (Wildman–Crippen LogP) is 3.35. The van der Waals surface area contributed by atoms with Gasteiger partial charge in [-0.25, -0.2) is 22.2 Å². The van der Waals surface area contributed by atoms with Crippen molar-refractivity contribution < 1.29 is 31.5 Å². The van der Waals surface area contributed by atoms with E-state index in [1.807, 2.05) is 0 Å². The Balaban J connectivity index is 1.92. The fraction of sp³-hybridized carbons (Fsp3) is 0.300. The van der Waals surface area contributed by atoms with Gasteiger partial charge in [0, 0.05) is 24.0 Å². The SMILES string of the molecule is COc1ncc(Cl)cc1S(=O)(=O)Nc1ccc(F)c([C@H]2CN/C(=C(\C)C(C)=O)CO2)c1F. The van der Waals surface area contributed by atoms with Gasteiger partial charge in [0.2, 0.25) is 5.88 Å². The smallest absolute Gasteiger partial charge is 0.267 e. The number of aromatic nitrogens is 1. The summed E-state index contributed by atoms with van der Waals surface area (Å²) in [6.07, 6.45) is 0.144. The molecule has 0 saturated carbocycles. The minimum atomic E-state index is -4.38. The van der Waals surface area contributed by atoms with E-state index in [-0.39, 0.29) is 29.8 Å². The van der Waals surface area contributed by atoms with Crippen LogP contribution < -0.4 is 14.8 Å². The zero-order valence-corrected chi connectivity index (χ0v) is 18.9. The summed E-state index contributed by atoms with van der Waals surface area (Å²) < 4.78 is 67.9. The Hall–Kier alpha value is -2.76. The van der Waals surface area contributed by atoms with Gasteiger partial charge in [-0.1, -0.05) is 11.6 Å². The first-order valence-corrected chi connectivity index (χ1v) is 11.2. The number of nitrogens with one attached hydrogen (secondary N) is 2. The summed E-state index contributed by atoms with van der Waals surface area (Å²) in [5, 5.41) is 2.97. The first-order chi connectivity index (χ1) is 15.0. The number of nitrogens with zero attached hydrogens (tertiary/aromatic N) is 1. The van der Waals surface area contributed by atoms with E-state index in [9.17, 15) is 17.6 Å². The van der Waals surface area contributed by atoms with Crippen molar-refractivity contribution >= 4 is 33.1 Å². The van der Waals surface area contributed by atoms with Gasteiger partial charge in [-0.2, -0.15) is 0 Å². The molecule has 1 atom stereocenters. The monoisotopic (exact) mass is 487 g/mol. The van der Waals surface area contributed by atoms with Gasteiger partial charge in [0.25, 0.3) is 10.0 Å². The molecule has 172 valence electrons. The van der Waals surface area contributed by atoms with Crippen molar-refractivity contribution in [3.8, 4) is 5.88 Å². The molecule has 0 spiro atoms. The standard InChI is InChI=1S/C20H20ClF2N3O5S/c1-10(11(2)27)15-9-31-16(8-24-15)18-13(22)4-5-14(19(18)23)26-32(28,29)17-6-12(21)7-25-20(17)30-3/h4-7,16,24,26H,8-9H2,1-3H3/b15-10+/t16-/m1/s1. The average Bonchev–Trinajstić information content (AvgIpc) is 2.75. The highest BCUT2D eigenvalue weighted by Crippen LogP contribution is 2.33. The second kappa shape index (κ2) is 9.39. The van der Waals surface area contributed by atoms with Crippen molar-refractivity contribution in [2.24, 2.45) is 0 Å². The minimum Gasteiger partial charge on any atom is -0.480 e. The second-order valence-corrected chi connectivity index (χ2v) is 9.02. The van der Waals surface area contributed by atoms with E-state index in [2.05, 4.69) is 15.0 Å². The van der Waals surface area contributed by atoms with Crippen molar-refractivity contribution in [1.29, 1.82) is 0 Å². The molecule has 0 amide bonds. The second-order valence-electron chi connectivity index (χ2n) is 6.93. The number of pyridine rings is 1. The zero-order chi connectivity index (χ0) is 23.6. The topological polar surface area (TPSA) is 107 Å². The summed E-state index contributed by atoms with van der Waals surface area (Å²) in [6.45, 7) is 2.94. The van der Waals surface area contributed by atoms with E-state index >= 15 is 4.39 Å². The number of benzene rings is 1. The number of Topliss-reactive ketones (excluding diaryl/α,β-unsaturated/α-hetero) is 1. The molecular formula is C20H20ClF2N3O5S. The molecular weight excluding hydrogens is 468 g/mol. The molecule has 0 bridgehead atoms. The van der Waals surface area contributed by atoms with E-state index in [1.165, 1.54) is 20.2 Å². The Morgan fingerprint density at radius 2 is 2.06 bits per heavy atom. The lowest BCUT2D eigenvalue weighted by Gasteiger charge is -2.28. The molecule has 1 fully saturated rings. The lowest BCUT2D eigenvalue weighted by atomic mass is 10.0. The number of hydrogen-bond acceptors (Lipinski definition) is 7. The Kier molecular flexibility index (Phi) is 7.01. The number of morpholine rings is 1. The van der Waals surface area contributed by atoms with E-state index in [4.69, 9.17) is 21.1 Å². The van der Waals surface area contributed by atoms with Crippen molar-refractivity contribution in [2.75, 3.05) is 25.0 Å². The van der Waals surface area contributed by atoms with Gasteiger partial charge in [0.1, 0.15) is 11.9 Å². The van der Waals surface area contributed by atoms with Gasteiger partial charge in [0.05, 0.1) is 30.0 Å². The van der Waals surface area contributed by atoms with Gasteiger partial charge < -0.3 is 14.8 Å². The third kappa shape index (κ3) is 4.84. The first kappa shape index (κ1) is 23.9. The van der Waals surface area contributed by atoms with Crippen LogP contribution in [0, 0.1) is 11.6 Å². The van der Waals surface area contributed by atoms with E-state index in [0.29, 0.717) is 11.3 Å². The maximum atomic E-state index is 15.2. The largest absolute Gasteiger partial charge is 0.480 e. The number of anilines is 1. The number of rotatable bonds is 6. The average molecular weight is 488 g/mol. The highest BCUT2D eigenvalue weighted by molar-refractivity contribution is 7.92. The number of sulfonamides is 1. The molecule has 1 aromatic carbocycles. The van der Waals surface area contributed by atoms with Crippen molar-refractivity contribution in [1.82, 2.24) is 10.3 Å². The molecule has 0 aliphatic carbocycles. The van der Waals surface area contributed by atoms with Crippen LogP contribution >= 0.6 is 11.6 Å². The summed E-state index contributed by atoms with van der Waals surface area (Å²) in [5.41, 5.74) is 0.0312. The Morgan fingerprint density at radius 3 is 2.66 bits per heavy atom. The Morgan fingerprint density at radius 1 is 1.34 bits per heavy atom. The van der Waals surface area contributed by atoms with Crippen LogP contribution in [0.3, 0.4) is 0 Å². The lowest BCUT2D eigenvalue weighted by molar-refractivity contribution is -0.113. The Bertz CT molecular complexity index is 1190. The van der Waals surface area contributed by atoms with Gasteiger partial charge >= 0.3 is 0 Å². The molecule has 3 rings (SSSR count). The van der Waals surface area contributed by atoms with Crippen molar-refractivity contribution in [2.45, 2.75) is 24.8 Å². The van der Waals surface area contributed by atoms with Crippen molar-refractivity contribution in [3.05, 3.63) is 57.9 Å². The number of hydrogen-bond donors (Lipinski definition) is 2. The van der Waals surface area contributed by atoms with Crippen LogP contribution in [0.25, 0.3) is 0 Å². The molecule has 2 aromatic rings. The molecule has 2 N–H and O–H groups in total. The molecule has 0 unspecified atom stereocenters. The molecule has 12 heteroatoms. The number of carbonyl (C=O) groups excluding carboxylic acids is 1. The zero-order valence-electron chi connectivity index (χ0n) is 17.3. The molecule has 8 nitrogen and oxygen atoms in total. The lowest BCUT2D eigenvalue weighted by Crippen LogP contribution is -2.34. The maximum absolute atomic E-state index is 15.2. The molecule has 1 aromatic heterocycles. The Labute approximate surface area is 188 Å². The summed E-state index contributed by atoms with van der Waals surface area (Å²) >= 11 is 5.83. The van der Waals surface area contributed by atoms with Gasteiger partial charge in [0.15, 0.2) is 16.5 Å². The number of allylic oxidation sites excluding steroid dienone is 1. The number of ketones is 1. The maximum Gasteiger partial charge on any atom is 0.267 e. The quantitative estimate of drug-likeness (QED) is 0.602. The third-order valence-electron chi connectivity index (χ3n) is 4.87. The summed E-state index contributed by atoms with van der Waals surface area (Å²) in [4.78, 5) is 14.9. The fourth-order valence-corrected chi connectivity index (χ4v) is 4.47. The van der Waals surface area contributed by atoms with Gasteiger partial charge in [-0.15, -0.1) is 0 Å². The van der Waals surface area contributed by atoms with Crippen LogP contribution in [0.1, 0.15) is 25.5 Å². The highest BCUT2D eigenvalue weighted by atomic mass is 35.5. The number of methoxy groups -OCH3 is 1. The highest BCUT2D eigenvalue weighted by Gasteiger charge is 2.29. The molecule has 1 saturated heterocycles. The van der Waals surface area contributed by atoms with E-state index in [0.717, 1.165) is 18.2 Å². The van der Waals surface area contributed by atoms with Crippen LogP contribution in [0.2, 0.25) is 5.02 Å². The number of halogens is 3. The molecule has 1 aliphatic rings.